The summed E-state index contributed by atoms with van der Waals surface area (Å²) in [7, 11) is 1.25. The van der Waals surface area contributed by atoms with Gasteiger partial charge in [-0.05, 0) is 18.2 Å². The molecule has 2 rings (SSSR count). The zero-order chi connectivity index (χ0) is 11.7. The van der Waals surface area contributed by atoms with Crippen molar-refractivity contribution in [2.75, 3.05) is 7.11 Å². The molecular formula is C10H6Cl2N2O2. The predicted octanol–water partition coefficient (Wildman–Crippen LogP) is 2.72. The summed E-state index contributed by atoms with van der Waals surface area (Å²) in [5.74, 6) is -0.626. The van der Waals surface area contributed by atoms with Crippen molar-refractivity contribution in [1.82, 2.24) is 9.97 Å². The standard InChI is InChI=1S/C10H6Cl2N2O2/c1-16-10(15)8-9(12)14-6-3-2-5(11)4-7(6)13-8/h2-4H,1H3. The fourth-order valence-corrected chi connectivity index (χ4v) is 1.61. The Morgan fingerprint density at radius 1 is 1.25 bits per heavy atom. The van der Waals surface area contributed by atoms with E-state index in [9.17, 15) is 4.79 Å². The second kappa shape index (κ2) is 4.23. The topological polar surface area (TPSA) is 52.1 Å². The number of fused-ring (bicyclic) bond motifs is 1. The number of rotatable bonds is 1. The van der Waals surface area contributed by atoms with E-state index in [0.717, 1.165) is 0 Å². The Labute approximate surface area is 101 Å². The van der Waals surface area contributed by atoms with E-state index in [1.165, 1.54) is 7.11 Å². The first kappa shape index (κ1) is 11.1. The molecule has 82 valence electrons. The highest BCUT2D eigenvalue weighted by molar-refractivity contribution is 6.33. The molecule has 0 atom stereocenters. The lowest BCUT2D eigenvalue weighted by molar-refractivity contribution is 0.0594. The van der Waals surface area contributed by atoms with Crippen molar-refractivity contribution in [3.8, 4) is 0 Å². The van der Waals surface area contributed by atoms with Crippen LogP contribution in [-0.2, 0) is 4.74 Å². The van der Waals surface area contributed by atoms with Crippen molar-refractivity contribution >= 4 is 40.2 Å². The third kappa shape index (κ3) is 1.94. The van der Waals surface area contributed by atoms with Crippen molar-refractivity contribution in [3.05, 3.63) is 34.1 Å². The number of carbonyl (C=O) groups excluding carboxylic acids is 1. The zero-order valence-electron chi connectivity index (χ0n) is 8.20. The first-order valence-electron chi connectivity index (χ1n) is 4.33. The van der Waals surface area contributed by atoms with Crippen molar-refractivity contribution in [2.45, 2.75) is 0 Å². The van der Waals surface area contributed by atoms with Crippen molar-refractivity contribution < 1.29 is 9.53 Å². The van der Waals surface area contributed by atoms with Crippen molar-refractivity contribution in [2.24, 2.45) is 0 Å². The van der Waals surface area contributed by atoms with Crippen LogP contribution in [0.3, 0.4) is 0 Å². The van der Waals surface area contributed by atoms with E-state index >= 15 is 0 Å². The lowest BCUT2D eigenvalue weighted by Gasteiger charge is -2.03. The van der Waals surface area contributed by atoms with Gasteiger partial charge < -0.3 is 4.74 Å². The number of halogens is 2. The Bertz CT molecular complexity index is 572. The van der Waals surface area contributed by atoms with Gasteiger partial charge >= 0.3 is 5.97 Å². The van der Waals surface area contributed by atoms with Gasteiger partial charge in [-0.1, -0.05) is 23.2 Å². The molecule has 0 aliphatic heterocycles. The van der Waals surface area contributed by atoms with Gasteiger partial charge in [0, 0.05) is 5.02 Å². The molecule has 0 bridgehead atoms. The van der Waals surface area contributed by atoms with Gasteiger partial charge in [-0.15, -0.1) is 0 Å². The maximum Gasteiger partial charge on any atom is 0.359 e. The average Bonchev–Trinajstić information content (AvgIpc) is 2.28. The Kier molecular flexibility index (Phi) is 2.94. The van der Waals surface area contributed by atoms with Gasteiger partial charge in [0.25, 0.3) is 0 Å². The van der Waals surface area contributed by atoms with Gasteiger partial charge in [-0.25, -0.2) is 14.8 Å². The van der Waals surface area contributed by atoms with Crippen LogP contribution in [0.1, 0.15) is 10.5 Å². The number of carbonyl (C=O) groups is 1. The third-order valence-electron chi connectivity index (χ3n) is 1.96. The number of hydrogen-bond acceptors (Lipinski definition) is 4. The molecule has 1 aromatic carbocycles. The van der Waals surface area contributed by atoms with Crippen LogP contribution in [0.25, 0.3) is 11.0 Å². The Morgan fingerprint density at radius 3 is 2.69 bits per heavy atom. The molecule has 0 spiro atoms. The minimum Gasteiger partial charge on any atom is -0.464 e. The smallest absolute Gasteiger partial charge is 0.359 e. The monoisotopic (exact) mass is 256 g/mol. The lowest BCUT2D eigenvalue weighted by Crippen LogP contribution is -2.06. The van der Waals surface area contributed by atoms with Crippen LogP contribution in [-0.4, -0.2) is 23.0 Å². The van der Waals surface area contributed by atoms with E-state index in [1.54, 1.807) is 18.2 Å². The van der Waals surface area contributed by atoms with Crippen LogP contribution in [0.5, 0.6) is 0 Å². The van der Waals surface area contributed by atoms with E-state index in [4.69, 9.17) is 23.2 Å². The summed E-state index contributed by atoms with van der Waals surface area (Å²) in [5.41, 5.74) is 1.05. The van der Waals surface area contributed by atoms with Crippen LogP contribution in [0, 0.1) is 0 Å². The fourth-order valence-electron chi connectivity index (χ4n) is 1.23. The normalized spacial score (nSPS) is 10.4. The summed E-state index contributed by atoms with van der Waals surface area (Å²) >= 11 is 11.6. The molecule has 1 heterocycles. The summed E-state index contributed by atoms with van der Waals surface area (Å²) in [4.78, 5) is 19.4. The fraction of sp³-hybridized carbons (Fsp3) is 0.100. The van der Waals surface area contributed by atoms with Crippen LogP contribution >= 0.6 is 23.2 Å². The molecule has 0 aliphatic rings. The molecule has 0 radical (unpaired) electrons. The molecule has 0 saturated carbocycles. The molecule has 0 unspecified atom stereocenters. The molecule has 0 saturated heterocycles. The number of methoxy groups -OCH3 is 1. The minimum atomic E-state index is -0.626. The van der Waals surface area contributed by atoms with Crippen molar-refractivity contribution in [1.29, 1.82) is 0 Å². The molecule has 1 aromatic heterocycles. The summed E-state index contributed by atoms with van der Waals surface area (Å²) in [6.45, 7) is 0. The zero-order valence-corrected chi connectivity index (χ0v) is 9.71. The highest BCUT2D eigenvalue weighted by Gasteiger charge is 2.15. The SMILES string of the molecule is COC(=O)c1nc2cc(Cl)ccc2nc1Cl. The second-order valence-electron chi connectivity index (χ2n) is 2.99. The molecule has 6 heteroatoms. The van der Waals surface area contributed by atoms with Crippen LogP contribution in [0.4, 0.5) is 0 Å². The molecule has 16 heavy (non-hydrogen) atoms. The lowest BCUT2D eigenvalue weighted by atomic mass is 10.3. The van der Waals surface area contributed by atoms with E-state index < -0.39 is 5.97 Å². The highest BCUT2D eigenvalue weighted by Crippen LogP contribution is 2.20. The second-order valence-corrected chi connectivity index (χ2v) is 3.78. The van der Waals surface area contributed by atoms with Gasteiger partial charge in [-0.2, -0.15) is 0 Å². The maximum absolute atomic E-state index is 11.3. The molecule has 0 N–H and O–H groups in total. The number of esters is 1. The number of benzene rings is 1. The van der Waals surface area contributed by atoms with Gasteiger partial charge in [-0.3, -0.25) is 0 Å². The summed E-state index contributed by atoms with van der Waals surface area (Å²) in [6, 6.07) is 4.96. The highest BCUT2D eigenvalue weighted by atomic mass is 35.5. The minimum absolute atomic E-state index is 0.0149. The van der Waals surface area contributed by atoms with Gasteiger partial charge in [0.15, 0.2) is 10.8 Å². The molecule has 0 aliphatic carbocycles. The summed E-state index contributed by atoms with van der Waals surface area (Å²) in [5, 5.41) is 0.529. The van der Waals surface area contributed by atoms with Crippen molar-refractivity contribution in [3.63, 3.8) is 0 Å². The molecule has 0 fully saturated rings. The van der Waals surface area contributed by atoms with E-state index in [0.29, 0.717) is 16.1 Å². The van der Waals surface area contributed by atoms with E-state index in [2.05, 4.69) is 14.7 Å². The molecular weight excluding hydrogens is 251 g/mol. The Balaban J connectivity index is 2.68. The summed E-state index contributed by atoms with van der Waals surface area (Å²) < 4.78 is 4.54. The first-order chi connectivity index (χ1) is 7.61. The molecule has 0 amide bonds. The largest absolute Gasteiger partial charge is 0.464 e. The number of aromatic nitrogens is 2. The van der Waals surface area contributed by atoms with E-state index in [1.807, 2.05) is 0 Å². The number of nitrogens with zero attached hydrogens (tertiary/aromatic N) is 2. The maximum atomic E-state index is 11.3. The van der Waals surface area contributed by atoms with Crippen LogP contribution in [0.15, 0.2) is 18.2 Å². The molecule has 4 nitrogen and oxygen atoms in total. The summed E-state index contributed by atoms with van der Waals surface area (Å²) in [6.07, 6.45) is 0. The van der Waals surface area contributed by atoms with Gasteiger partial charge in [0.1, 0.15) is 0 Å². The number of hydrogen-bond donors (Lipinski definition) is 0. The molecule has 2 aromatic rings. The van der Waals surface area contributed by atoms with Crippen LogP contribution < -0.4 is 0 Å². The van der Waals surface area contributed by atoms with E-state index in [-0.39, 0.29) is 10.8 Å². The average molecular weight is 257 g/mol. The number of ether oxygens (including phenoxy) is 1. The predicted molar refractivity (Wildman–Crippen MR) is 60.9 cm³/mol. The quantitative estimate of drug-likeness (QED) is 0.737. The third-order valence-corrected chi connectivity index (χ3v) is 2.46. The first-order valence-corrected chi connectivity index (χ1v) is 5.08. The van der Waals surface area contributed by atoms with Gasteiger partial charge in [0.05, 0.1) is 18.1 Å². The van der Waals surface area contributed by atoms with Gasteiger partial charge in [0.2, 0.25) is 0 Å². The van der Waals surface area contributed by atoms with Crippen LogP contribution in [0.2, 0.25) is 10.2 Å². The Morgan fingerprint density at radius 2 is 2.00 bits per heavy atom. The Hall–Kier alpha value is -1.39.